The van der Waals surface area contributed by atoms with Gasteiger partial charge in [-0.15, -0.1) is 24.8 Å². The molecule has 6 nitrogen and oxygen atoms in total. The van der Waals surface area contributed by atoms with Crippen molar-refractivity contribution < 1.29 is 9.90 Å². The van der Waals surface area contributed by atoms with Crippen molar-refractivity contribution in [3.63, 3.8) is 0 Å². The molecule has 3 heterocycles. The van der Waals surface area contributed by atoms with E-state index in [1.54, 1.807) is 12.3 Å². The zero-order valence-electron chi connectivity index (χ0n) is 13.6. The average Bonchev–Trinajstić information content (AvgIpc) is 2.98. The average molecular weight is 377 g/mol. The Hall–Kier alpha value is -1.08. The van der Waals surface area contributed by atoms with E-state index in [2.05, 4.69) is 20.5 Å². The number of carbonyl (C=O) groups excluding carboxylic acids is 1. The van der Waals surface area contributed by atoms with Gasteiger partial charge in [-0.3, -0.25) is 4.79 Å². The number of piperidine rings is 1. The Balaban J connectivity index is 0.00000144. The van der Waals surface area contributed by atoms with Crippen molar-refractivity contribution in [2.75, 3.05) is 37.6 Å². The second-order valence-electron chi connectivity index (χ2n) is 6.12. The summed E-state index contributed by atoms with van der Waals surface area (Å²) in [6, 6.07) is 3.63. The summed E-state index contributed by atoms with van der Waals surface area (Å²) in [6.07, 6.45) is 4.91. The van der Waals surface area contributed by atoms with Crippen LogP contribution in [0.15, 0.2) is 18.3 Å². The Morgan fingerprint density at radius 3 is 2.71 bits per heavy atom. The van der Waals surface area contributed by atoms with E-state index in [4.69, 9.17) is 0 Å². The van der Waals surface area contributed by atoms with E-state index in [0.717, 1.165) is 38.3 Å². The van der Waals surface area contributed by atoms with Crippen molar-refractivity contribution in [1.29, 1.82) is 0 Å². The second kappa shape index (κ2) is 10.0. The number of aromatic nitrogens is 1. The fourth-order valence-electron chi connectivity index (χ4n) is 3.18. The Labute approximate surface area is 155 Å². The maximum absolute atomic E-state index is 12.5. The van der Waals surface area contributed by atoms with Crippen LogP contribution in [0.1, 0.15) is 29.6 Å². The first-order valence-electron chi connectivity index (χ1n) is 8.12. The largest absolute Gasteiger partial charge is 0.391 e. The van der Waals surface area contributed by atoms with Gasteiger partial charge in [0.15, 0.2) is 0 Å². The molecule has 2 aliphatic heterocycles. The lowest BCUT2D eigenvalue weighted by Crippen LogP contribution is -2.36. The van der Waals surface area contributed by atoms with E-state index >= 15 is 0 Å². The zero-order valence-corrected chi connectivity index (χ0v) is 15.2. The van der Waals surface area contributed by atoms with Crippen molar-refractivity contribution in [2.24, 2.45) is 5.92 Å². The number of carbonyl (C=O) groups is 1. The Kier molecular flexibility index (Phi) is 8.76. The molecule has 0 saturated carbocycles. The van der Waals surface area contributed by atoms with Crippen LogP contribution in [0.3, 0.4) is 0 Å². The molecule has 1 aromatic heterocycles. The van der Waals surface area contributed by atoms with E-state index in [-0.39, 0.29) is 42.7 Å². The molecule has 0 aliphatic carbocycles. The quantitative estimate of drug-likeness (QED) is 0.736. The van der Waals surface area contributed by atoms with Crippen LogP contribution in [0.25, 0.3) is 0 Å². The predicted octanol–water partition coefficient (Wildman–Crippen LogP) is 1.23. The van der Waals surface area contributed by atoms with Crippen LogP contribution in [-0.2, 0) is 0 Å². The molecule has 0 bridgehead atoms. The summed E-state index contributed by atoms with van der Waals surface area (Å²) in [7, 11) is 0. The van der Waals surface area contributed by atoms with Crippen LogP contribution in [-0.4, -0.2) is 54.8 Å². The van der Waals surface area contributed by atoms with E-state index < -0.39 is 0 Å². The Bertz CT molecular complexity index is 527. The van der Waals surface area contributed by atoms with Crippen molar-refractivity contribution in [3.8, 4) is 0 Å². The molecule has 2 aliphatic rings. The minimum atomic E-state index is -0.379. The zero-order chi connectivity index (χ0) is 15.4. The lowest BCUT2D eigenvalue weighted by molar-refractivity contribution is 0.0927. The molecule has 2 fully saturated rings. The van der Waals surface area contributed by atoms with Crippen molar-refractivity contribution in [2.45, 2.75) is 25.4 Å². The highest BCUT2D eigenvalue weighted by atomic mass is 35.5. The van der Waals surface area contributed by atoms with E-state index in [1.807, 2.05) is 6.07 Å². The fourth-order valence-corrected chi connectivity index (χ4v) is 3.18. The number of anilines is 1. The summed E-state index contributed by atoms with van der Waals surface area (Å²) in [6.45, 7) is 3.76. The van der Waals surface area contributed by atoms with Crippen LogP contribution in [0.4, 0.5) is 5.82 Å². The standard InChI is InChI=1S/C16H24N4O2.2ClH/c21-14-11-17-9-12(14)10-19-16(22)13-5-4-6-18-15(13)20-7-2-1-3-8-20;;/h4-6,12,14,17,21H,1-3,7-11H2,(H,19,22);2*1H. The second-order valence-corrected chi connectivity index (χ2v) is 6.12. The Morgan fingerprint density at radius 1 is 1.29 bits per heavy atom. The van der Waals surface area contributed by atoms with Crippen molar-refractivity contribution in [3.05, 3.63) is 23.9 Å². The number of rotatable bonds is 4. The third-order valence-corrected chi connectivity index (χ3v) is 4.52. The number of halogens is 2. The van der Waals surface area contributed by atoms with E-state index in [9.17, 15) is 9.90 Å². The maximum Gasteiger partial charge on any atom is 0.255 e. The number of pyridine rings is 1. The number of aliphatic hydroxyl groups excluding tert-OH is 1. The molecule has 2 saturated heterocycles. The summed E-state index contributed by atoms with van der Waals surface area (Å²) in [4.78, 5) is 19.1. The number of hydrogen-bond acceptors (Lipinski definition) is 5. The van der Waals surface area contributed by atoms with Gasteiger partial charge in [-0.2, -0.15) is 0 Å². The number of nitrogens with one attached hydrogen (secondary N) is 2. The van der Waals surface area contributed by atoms with Gasteiger partial charge in [0.2, 0.25) is 0 Å². The molecule has 0 radical (unpaired) electrons. The number of hydrogen-bond donors (Lipinski definition) is 3. The van der Waals surface area contributed by atoms with Crippen molar-refractivity contribution in [1.82, 2.24) is 15.6 Å². The van der Waals surface area contributed by atoms with Gasteiger partial charge >= 0.3 is 0 Å². The molecular formula is C16H26Cl2N4O2. The summed E-state index contributed by atoms with van der Waals surface area (Å²) < 4.78 is 0. The summed E-state index contributed by atoms with van der Waals surface area (Å²) in [5.74, 6) is 0.761. The SMILES string of the molecule is Cl.Cl.O=C(NCC1CNCC1O)c1cccnc1N1CCCCC1. The fraction of sp³-hybridized carbons (Fsp3) is 0.625. The highest BCUT2D eigenvalue weighted by Gasteiger charge is 2.26. The number of β-amino-alcohol motifs (C(OH)–C–C–N with tert-alkyl or cyclic N) is 1. The van der Waals surface area contributed by atoms with Crippen LogP contribution in [0, 0.1) is 5.92 Å². The van der Waals surface area contributed by atoms with Crippen molar-refractivity contribution >= 4 is 36.5 Å². The van der Waals surface area contributed by atoms with Gasteiger partial charge in [-0.25, -0.2) is 4.98 Å². The van der Waals surface area contributed by atoms with Gasteiger partial charge in [-0.1, -0.05) is 0 Å². The summed E-state index contributed by atoms with van der Waals surface area (Å²) in [5.41, 5.74) is 0.629. The van der Waals surface area contributed by atoms with Gasteiger partial charge < -0.3 is 20.6 Å². The lowest BCUT2D eigenvalue weighted by Gasteiger charge is -2.29. The first-order valence-corrected chi connectivity index (χ1v) is 8.12. The molecule has 0 aromatic carbocycles. The molecule has 3 rings (SSSR count). The van der Waals surface area contributed by atoms with Crippen LogP contribution in [0.2, 0.25) is 0 Å². The van der Waals surface area contributed by atoms with Gasteiger partial charge in [0.05, 0.1) is 11.7 Å². The van der Waals surface area contributed by atoms with E-state index in [1.165, 1.54) is 6.42 Å². The maximum atomic E-state index is 12.5. The van der Waals surface area contributed by atoms with E-state index in [0.29, 0.717) is 18.7 Å². The topological polar surface area (TPSA) is 77.5 Å². The summed E-state index contributed by atoms with van der Waals surface area (Å²) in [5, 5.41) is 15.9. The van der Waals surface area contributed by atoms with Crippen LogP contribution in [0.5, 0.6) is 0 Å². The van der Waals surface area contributed by atoms with Gasteiger partial charge in [0, 0.05) is 44.8 Å². The molecule has 0 spiro atoms. The summed E-state index contributed by atoms with van der Waals surface area (Å²) >= 11 is 0. The highest BCUT2D eigenvalue weighted by Crippen LogP contribution is 2.21. The molecule has 2 atom stereocenters. The third-order valence-electron chi connectivity index (χ3n) is 4.52. The first-order chi connectivity index (χ1) is 10.8. The minimum absolute atomic E-state index is 0. The molecule has 24 heavy (non-hydrogen) atoms. The number of aliphatic hydroxyl groups is 1. The molecule has 8 heteroatoms. The highest BCUT2D eigenvalue weighted by molar-refractivity contribution is 5.98. The van der Waals surface area contributed by atoms with Gasteiger partial charge in [0.25, 0.3) is 5.91 Å². The smallest absolute Gasteiger partial charge is 0.255 e. The Morgan fingerprint density at radius 2 is 2.04 bits per heavy atom. The van der Waals surface area contributed by atoms with Crippen LogP contribution >= 0.6 is 24.8 Å². The normalized spacial score (nSPS) is 23.1. The first kappa shape index (κ1) is 21.0. The molecule has 1 amide bonds. The lowest BCUT2D eigenvalue weighted by atomic mass is 10.1. The van der Waals surface area contributed by atoms with Gasteiger partial charge in [-0.05, 0) is 31.4 Å². The third kappa shape index (κ3) is 4.96. The van der Waals surface area contributed by atoms with Crippen LogP contribution < -0.4 is 15.5 Å². The minimum Gasteiger partial charge on any atom is -0.391 e. The number of amides is 1. The predicted molar refractivity (Wildman–Crippen MR) is 99.5 cm³/mol. The molecule has 3 N–H and O–H groups in total. The molecular weight excluding hydrogens is 351 g/mol. The molecule has 1 aromatic rings. The van der Waals surface area contributed by atoms with Gasteiger partial charge in [0.1, 0.15) is 5.82 Å². The molecule has 2 unspecified atom stereocenters. The molecule has 136 valence electrons. The monoisotopic (exact) mass is 376 g/mol. The number of nitrogens with zero attached hydrogens (tertiary/aromatic N) is 2.